The number of halogens is 3. The largest absolute Gasteiger partial charge is 0.231 e. The second kappa shape index (κ2) is 2.49. The molecule has 1 heterocycles. The van der Waals surface area contributed by atoms with Crippen molar-refractivity contribution in [3.05, 3.63) is 23.8 Å². The molecule has 0 saturated carbocycles. The van der Waals surface area contributed by atoms with Crippen molar-refractivity contribution >= 4 is 12.6 Å². The summed E-state index contributed by atoms with van der Waals surface area (Å²) in [6, 6.07) is 0.464. The van der Waals surface area contributed by atoms with E-state index in [1.54, 1.807) is 0 Å². The van der Waals surface area contributed by atoms with Gasteiger partial charge in [-0.3, -0.25) is 0 Å². The van der Waals surface area contributed by atoms with Gasteiger partial charge in [0.25, 0.3) is 0 Å². The number of hydrogen-bond acceptors (Lipinski definition) is 2. The van der Waals surface area contributed by atoms with Crippen LogP contribution in [0, 0.1) is 17.7 Å². The standard InChI is InChI=1S/C5H2F3NS/c6-2-1-3(7)9-5(8)4(2)10/h1,10H. The Labute approximate surface area is 60.3 Å². The molecule has 1 aromatic heterocycles. The summed E-state index contributed by atoms with van der Waals surface area (Å²) in [4.78, 5) is 2.12. The van der Waals surface area contributed by atoms with Crippen molar-refractivity contribution in [1.82, 2.24) is 4.98 Å². The Hall–Kier alpha value is -0.710. The summed E-state index contributed by atoms with van der Waals surface area (Å²) in [5.74, 6) is -3.47. The third-order valence-electron chi connectivity index (χ3n) is 0.872. The lowest BCUT2D eigenvalue weighted by molar-refractivity contribution is 0.459. The molecule has 10 heavy (non-hydrogen) atoms. The molecule has 0 radical (unpaired) electrons. The van der Waals surface area contributed by atoms with Gasteiger partial charge in [-0.05, 0) is 0 Å². The van der Waals surface area contributed by atoms with Crippen molar-refractivity contribution in [3.63, 3.8) is 0 Å². The highest BCUT2D eigenvalue weighted by Gasteiger charge is 2.07. The van der Waals surface area contributed by atoms with Crippen LogP contribution in [0.25, 0.3) is 0 Å². The fraction of sp³-hybridized carbons (Fsp3) is 0. The first kappa shape index (κ1) is 7.40. The third-order valence-corrected chi connectivity index (χ3v) is 1.27. The van der Waals surface area contributed by atoms with Crippen LogP contribution in [0.2, 0.25) is 0 Å². The molecule has 0 N–H and O–H groups in total. The Kier molecular flexibility index (Phi) is 1.85. The summed E-state index contributed by atoms with van der Waals surface area (Å²) in [7, 11) is 0. The maximum atomic E-state index is 12.2. The first-order chi connectivity index (χ1) is 4.61. The average molecular weight is 165 g/mol. The molecule has 54 valence electrons. The number of rotatable bonds is 0. The Bertz CT molecular complexity index is 240. The summed E-state index contributed by atoms with van der Waals surface area (Å²) in [6.07, 6.45) is 0. The zero-order valence-corrected chi connectivity index (χ0v) is 5.50. The molecule has 0 unspecified atom stereocenters. The van der Waals surface area contributed by atoms with Gasteiger partial charge in [0.2, 0.25) is 11.9 Å². The normalized spacial score (nSPS) is 10.0. The quantitative estimate of drug-likeness (QED) is 0.456. The van der Waals surface area contributed by atoms with Crippen LogP contribution in [0.1, 0.15) is 0 Å². The lowest BCUT2D eigenvalue weighted by Gasteiger charge is -1.94. The van der Waals surface area contributed by atoms with Crippen molar-refractivity contribution in [2.75, 3.05) is 0 Å². The van der Waals surface area contributed by atoms with Gasteiger partial charge in [-0.15, -0.1) is 12.6 Å². The highest BCUT2D eigenvalue weighted by molar-refractivity contribution is 7.80. The van der Waals surface area contributed by atoms with Gasteiger partial charge in [0.15, 0.2) is 0 Å². The van der Waals surface area contributed by atoms with Gasteiger partial charge < -0.3 is 0 Å². The number of hydrogen-bond donors (Lipinski definition) is 1. The van der Waals surface area contributed by atoms with Gasteiger partial charge in [-0.2, -0.15) is 13.8 Å². The zero-order chi connectivity index (χ0) is 7.72. The maximum absolute atomic E-state index is 12.2. The lowest BCUT2D eigenvalue weighted by Crippen LogP contribution is -1.93. The zero-order valence-electron chi connectivity index (χ0n) is 4.61. The monoisotopic (exact) mass is 165 g/mol. The van der Waals surface area contributed by atoms with E-state index in [-0.39, 0.29) is 0 Å². The highest BCUT2D eigenvalue weighted by Crippen LogP contribution is 2.14. The second-order valence-electron chi connectivity index (χ2n) is 1.57. The van der Waals surface area contributed by atoms with Crippen LogP contribution in [0.5, 0.6) is 0 Å². The van der Waals surface area contributed by atoms with Gasteiger partial charge in [-0.25, -0.2) is 4.39 Å². The van der Waals surface area contributed by atoms with Crippen LogP contribution in [-0.2, 0) is 0 Å². The van der Waals surface area contributed by atoms with E-state index in [4.69, 9.17) is 0 Å². The minimum Gasteiger partial charge on any atom is -0.205 e. The van der Waals surface area contributed by atoms with Gasteiger partial charge in [0.05, 0.1) is 4.90 Å². The molecule has 0 spiro atoms. The van der Waals surface area contributed by atoms with E-state index in [9.17, 15) is 13.2 Å². The molecule has 0 amide bonds. The second-order valence-corrected chi connectivity index (χ2v) is 2.01. The van der Waals surface area contributed by atoms with E-state index in [1.165, 1.54) is 0 Å². The maximum Gasteiger partial charge on any atom is 0.231 e. The SMILES string of the molecule is Fc1cc(F)c(S)c(F)n1. The first-order valence-corrected chi connectivity index (χ1v) is 2.76. The molecule has 0 aliphatic rings. The highest BCUT2D eigenvalue weighted by atomic mass is 32.1. The number of aromatic nitrogens is 1. The third kappa shape index (κ3) is 1.23. The van der Waals surface area contributed by atoms with Crippen LogP contribution in [-0.4, -0.2) is 4.98 Å². The summed E-state index contributed by atoms with van der Waals surface area (Å²) in [5.41, 5.74) is 0. The topological polar surface area (TPSA) is 12.9 Å². The van der Waals surface area contributed by atoms with E-state index in [2.05, 4.69) is 17.6 Å². The summed E-state index contributed by atoms with van der Waals surface area (Å²) in [5, 5.41) is 0. The van der Waals surface area contributed by atoms with Crippen molar-refractivity contribution in [1.29, 1.82) is 0 Å². The lowest BCUT2D eigenvalue weighted by atomic mass is 10.4. The van der Waals surface area contributed by atoms with Gasteiger partial charge in [0.1, 0.15) is 5.82 Å². The Morgan fingerprint density at radius 3 is 2.40 bits per heavy atom. The molecule has 0 aliphatic carbocycles. The molecule has 0 atom stereocenters. The number of thiol groups is 1. The predicted molar refractivity (Wildman–Crippen MR) is 31.4 cm³/mol. The summed E-state index contributed by atoms with van der Waals surface area (Å²) < 4.78 is 36.4. The van der Waals surface area contributed by atoms with Crippen LogP contribution < -0.4 is 0 Å². The molecule has 0 bridgehead atoms. The van der Waals surface area contributed by atoms with E-state index < -0.39 is 22.6 Å². The minimum atomic E-state index is -1.24. The molecule has 1 aromatic rings. The van der Waals surface area contributed by atoms with Crippen molar-refractivity contribution < 1.29 is 13.2 Å². The van der Waals surface area contributed by atoms with Crippen molar-refractivity contribution in [2.24, 2.45) is 0 Å². The predicted octanol–water partition coefficient (Wildman–Crippen LogP) is 1.79. The molecular formula is C5H2F3NS. The first-order valence-electron chi connectivity index (χ1n) is 2.32. The fourth-order valence-corrected chi connectivity index (χ4v) is 0.565. The molecule has 0 fully saturated rings. The van der Waals surface area contributed by atoms with Crippen molar-refractivity contribution in [3.8, 4) is 0 Å². The van der Waals surface area contributed by atoms with Crippen LogP contribution in [0.4, 0.5) is 13.2 Å². The molecule has 0 saturated heterocycles. The van der Waals surface area contributed by atoms with E-state index in [0.717, 1.165) is 0 Å². The van der Waals surface area contributed by atoms with Gasteiger partial charge in [-0.1, -0.05) is 0 Å². The van der Waals surface area contributed by atoms with Crippen LogP contribution >= 0.6 is 12.6 Å². The van der Waals surface area contributed by atoms with Crippen LogP contribution in [0.3, 0.4) is 0 Å². The Morgan fingerprint density at radius 1 is 1.30 bits per heavy atom. The van der Waals surface area contributed by atoms with E-state index in [0.29, 0.717) is 6.07 Å². The van der Waals surface area contributed by atoms with E-state index >= 15 is 0 Å². The molecule has 0 aromatic carbocycles. The fourth-order valence-electron chi connectivity index (χ4n) is 0.450. The summed E-state index contributed by atoms with van der Waals surface area (Å²) in [6.45, 7) is 0. The molecule has 1 rings (SSSR count). The summed E-state index contributed by atoms with van der Waals surface area (Å²) >= 11 is 3.38. The Morgan fingerprint density at radius 2 is 1.90 bits per heavy atom. The van der Waals surface area contributed by atoms with Crippen molar-refractivity contribution in [2.45, 2.75) is 4.90 Å². The van der Waals surface area contributed by atoms with E-state index in [1.807, 2.05) is 0 Å². The smallest absolute Gasteiger partial charge is 0.205 e. The molecule has 5 heteroatoms. The average Bonchev–Trinajstić information content (AvgIpc) is 1.82. The Balaban J connectivity index is 3.31. The molecule has 0 aliphatic heterocycles. The molecular weight excluding hydrogens is 163 g/mol. The van der Waals surface area contributed by atoms with Crippen LogP contribution in [0.15, 0.2) is 11.0 Å². The van der Waals surface area contributed by atoms with Gasteiger partial charge >= 0.3 is 0 Å². The molecule has 1 nitrogen and oxygen atoms in total. The minimum absolute atomic E-state index is 0.464. The number of pyridine rings is 1. The number of nitrogens with zero attached hydrogens (tertiary/aromatic N) is 1. The van der Waals surface area contributed by atoms with Gasteiger partial charge in [0, 0.05) is 6.07 Å².